The third-order valence-electron chi connectivity index (χ3n) is 3.50. The molecule has 1 aliphatic heterocycles. The molecule has 2 heterocycles. The topological polar surface area (TPSA) is 64.4 Å². The van der Waals surface area contributed by atoms with E-state index in [4.69, 9.17) is 9.84 Å². The van der Waals surface area contributed by atoms with Gasteiger partial charge in [0.2, 0.25) is 0 Å². The lowest BCUT2D eigenvalue weighted by Gasteiger charge is -2.12. The van der Waals surface area contributed by atoms with Gasteiger partial charge in [0.25, 0.3) is 0 Å². The van der Waals surface area contributed by atoms with Crippen LogP contribution in [0, 0.1) is 20.8 Å². The van der Waals surface area contributed by atoms with Crippen LogP contribution in [0.1, 0.15) is 29.8 Å². The first-order chi connectivity index (χ1) is 7.99. The van der Waals surface area contributed by atoms with E-state index < -0.39 is 12.1 Å². The van der Waals surface area contributed by atoms with Crippen LogP contribution in [0.3, 0.4) is 0 Å². The molecule has 0 amide bonds. The molecule has 0 saturated carbocycles. The Balaban J connectivity index is 2.03. The summed E-state index contributed by atoms with van der Waals surface area (Å²) in [5.41, 5.74) is 3.35. The van der Waals surface area contributed by atoms with Crippen molar-refractivity contribution in [1.29, 1.82) is 0 Å². The second-order valence-corrected chi connectivity index (χ2v) is 4.64. The van der Waals surface area contributed by atoms with Gasteiger partial charge in [-0.05, 0) is 39.2 Å². The van der Waals surface area contributed by atoms with E-state index in [1.54, 1.807) is 0 Å². The van der Waals surface area contributed by atoms with Crippen LogP contribution in [-0.4, -0.2) is 33.1 Å². The molecule has 2 atom stereocenters. The van der Waals surface area contributed by atoms with Crippen molar-refractivity contribution in [2.24, 2.45) is 0 Å². The number of hydrogen-bond donors (Lipinski definition) is 1. The van der Waals surface area contributed by atoms with E-state index in [1.165, 1.54) is 5.56 Å². The monoisotopic (exact) mass is 238 g/mol. The molecule has 1 fully saturated rings. The van der Waals surface area contributed by atoms with E-state index in [0.717, 1.165) is 17.8 Å². The Morgan fingerprint density at radius 3 is 2.65 bits per heavy atom. The fraction of sp³-hybridized carbons (Fsp3) is 0.667. The zero-order chi connectivity index (χ0) is 12.6. The third kappa shape index (κ3) is 2.34. The summed E-state index contributed by atoms with van der Waals surface area (Å²) < 4.78 is 7.39. The number of ether oxygens (including phenoxy) is 1. The second-order valence-electron chi connectivity index (χ2n) is 4.64. The first-order valence-electron chi connectivity index (χ1n) is 5.88. The van der Waals surface area contributed by atoms with Crippen LogP contribution in [0.25, 0.3) is 0 Å². The maximum absolute atomic E-state index is 10.8. The van der Waals surface area contributed by atoms with Crippen molar-refractivity contribution in [3.8, 4) is 0 Å². The van der Waals surface area contributed by atoms with Crippen molar-refractivity contribution in [2.75, 3.05) is 0 Å². The molecule has 0 aromatic carbocycles. The minimum absolute atomic E-state index is 0.0338. The maximum Gasteiger partial charge on any atom is 0.332 e. The molecular formula is C12H18N2O3. The number of hydrogen-bond acceptors (Lipinski definition) is 3. The first-order valence-corrected chi connectivity index (χ1v) is 5.88. The summed E-state index contributed by atoms with van der Waals surface area (Å²) in [7, 11) is 0. The molecule has 17 heavy (non-hydrogen) atoms. The molecule has 1 aliphatic rings. The Kier molecular flexibility index (Phi) is 3.19. The molecule has 0 spiro atoms. The number of carboxylic acid groups (broad SMARTS) is 1. The van der Waals surface area contributed by atoms with E-state index >= 15 is 0 Å². The average Bonchev–Trinajstić information content (AvgIpc) is 2.82. The lowest BCUT2D eigenvalue weighted by Crippen LogP contribution is -2.23. The minimum atomic E-state index is -0.864. The van der Waals surface area contributed by atoms with E-state index in [1.807, 2.05) is 25.5 Å². The summed E-state index contributed by atoms with van der Waals surface area (Å²) in [5, 5.41) is 13.3. The lowest BCUT2D eigenvalue weighted by molar-refractivity contribution is -0.149. The smallest absolute Gasteiger partial charge is 0.332 e. The Morgan fingerprint density at radius 2 is 2.18 bits per heavy atom. The number of aryl methyl sites for hydroxylation is 1. The van der Waals surface area contributed by atoms with Gasteiger partial charge in [0.1, 0.15) is 0 Å². The van der Waals surface area contributed by atoms with Crippen LogP contribution in [0.2, 0.25) is 0 Å². The first kappa shape index (κ1) is 12.1. The largest absolute Gasteiger partial charge is 0.479 e. The summed E-state index contributed by atoms with van der Waals surface area (Å²) >= 11 is 0. The zero-order valence-electron chi connectivity index (χ0n) is 10.4. The third-order valence-corrected chi connectivity index (χ3v) is 3.50. The van der Waals surface area contributed by atoms with Crippen molar-refractivity contribution in [3.05, 3.63) is 17.0 Å². The summed E-state index contributed by atoms with van der Waals surface area (Å²) in [4.78, 5) is 10.8. The SMILES string of the molecule is Cc1nn(CC2CCC(C(=O)O)O2)c(C)c1C. The van der Waals surface area contributed by atoms with Crippen LogP contribution in [0.5, 0.6) is 0 Å². The van der Waals surface area contributed by atoms with E-state index in [9.17, 15) is 4.79 Å². The van der Waals surface area contributed by atoms with Crippen LogP contribution in [0.15, 0.2) is 0 Å². The van der Waals surface area contributed by atoms with E-state index in [2.05, 4.69) is 5.10 Å². The molecule has 0 radical (unpaired) electrons. The minimum Gasteiger partial charge on any atom is -0.479 e. The fourth-order valence-electron chi connectivity index (χ4n) is 2.18. The van der Waals surface area contributed by atoms with Gasteiger partial charge in [0.15, 0.2) is 6.10 Å². The fourth-order valence-corrected chi connectivity index (χ4v) is 2.18. The predicted octanol–water partition coefficient (Wildman–Crippen LogP) is 1.44. The predicted molar refractivity (Wildman–Crippen MR) is 62.0 cm³/mol. The van der Waals surface area contributed by atoms with Gasteiger partial charge in [-0.25, -0.2) is 4.79 Å². The van der Waals surface area contributed by atoms with Gasteiger partial charge in [0.05, 0.1) is 18.3 Å². The normalized spacial score (nSPS) is 24.2. The Bertz CT molecular complexity index is 439. The maximum atomic E-state index is 10.8. The molecule has 94 valence electrons. The summed E-state index contributed by atoms with van der Waals surface area (Å²) in [6.45, 7) is 6.70. The quantitative estimate of drug-likeness (QED) is 0.865. The van der Waals surface area contributed by atoms with Gasteiger partial charge in [-0.3, -0.25) is 4.68 Å². The Morgan fingerprint density at radius 1 is 1.47 bits per heavy atom. The second kappa shape index (κ2) is 4.49. The van der Waals surface area contributed by atoms with Crippen LogP contribution < -0.4 is 0 Å². The summed E-state index contributed by atoms with van der Waals surface area (Å²) in [6.07, 6.45) is 0.707. The lowest BCUT2D eigenvalue weighted by atomic mass is 10.2. The van der Waals surface area contributed by atoms with Crippen molar-refractivity contribution in [2.45, 2.75) is 52.4 Å². The average molecular weight is 238 g/mol. The molecule has 0 aliphatic carbocycles. The van der Waals surface area contributed by atoms with Crippen molar-refractivity contribution >= 4 is 5.97 Å². The number of aliphatic carboxylic acids is 1. The molecule has 2 rings (SSSR count). The van der Waals surface area contributed by atoms with Gasteiger partial charge >= 0.3 is 5.97 Å². The molecule has 5 heteroatoms. The molecule has 1 N–H and O–H groups in total. The Labute approximate surface area is 100 Å². The van der Waals surface area contributed by atoms with Crippen LogP contribution in [-0.2, 0) is 16.1 Å². The standard InChI is InChI=1S/C12H18N2O3/c1-7-8(2)13-14(9(7)3)6-10-4-5-11(17-10)12(15)16/h10-11H,4-6H2,1-3H3,(H,15,16). The van der Waals surface area contributed by atoms with Crippen molar-refractivity contribution in [1.82, 2.24) is 9.78 Å². The summed E-state index contributed by atoms with van der Waals surface area (Å²) in [6, 6.07) is 0. The van der Waals surface area contributed by atoms with E-state index in [0.29, 0.717) is 13.0 Å². The number of nitrogens with zero attached hydrogens (tertiary/aromatic N) is 2. The molecule has 0 bridgehead atoms. The van der Waals surface area contributed by atoms with Gasteiger partial charge in [-0.2, -0.15) is 5.10 Å². The van der Waals surface area contributed by atoms with Gasteiger partial charge < -0.3 is 9.84 Å². The molecule has 2 unspecified atom stereocenters. The highest BCUT2D eigenvalue weighted by molar-refractivity contribution is 5.72. The van der Waals surface area contributed by atoms with E-state index in [-0.39, 0.29) is 6.10 Å². The number of aromatic nitrogens is 2. The highest BCUT2D eigenvalue weighted by Gasteiger charge is 2.31. The number of carboxylic acids is 1. The van der Waals surface area contributed by atoms with Crippen molar-refractivity contribution < 1.29 is 14.6 Å². The van der Waals surface area contributed by atoms with Crippen molar-refractivity contribution in [3.63, 3.8) is 0 Å². The van der Waals surface area contributed by atoms with Gasteiger partial charge in [0, 0.05) is 5.69 Å². The molecule has 5 nitrogen and oxygen atoms in total. The Hall–Kier alpha value is -1.36. The number of rotatable bonds is 3. The zero-order valence-corrected chi connectivity index (χ0v) is 10.4. The van der Waals surface area contributed by atoms with Crippen LogP contribution in [0.4, 0.5) is 0 Å². The number of carbonyl (C=O) groups is 1. The highest BCUT2D eigenvalue weighted by Crippen LogP contribution is 2.22. The summed E-state index contributed by atoms with van der Waals surface area (Å²) in [5.74, 6) is -0.864. The van der Waals surface area contributed by atoms with Gasteiger partial charge in [-0.15, -0.1) is 0 Å². The molecule has 1 aromatic heterocycles. The van der Waals surface area contributed by atoms with Crippen LogP contribution >= 0.6 is 0 Å². The molecular weight excluding hydrogens is 220 g/mol. The van der Waals surface area contributed by atoms with Gasteiger partial charge in [-0.1, -0.05) is 0 Å². The molecule has 1 aromatic rings. The molecule has 1 saturated heterocycles. The highest BCUT2D eigenvalue weighted by atomic mass is 16.5.